The van der Waals surface area contributed by atoms with Gasteiger partial charge in [0.15, 0.2) is 9.84 Å². The van der Waals surface area contributed by atoms with Gasteiger partial charge in [-0.25, -0.2) is 8.42 Å². The number of benzene rings is 1. The Kier molecular flexibility index (Phi) is 3.97. The van der Waals surface area contributed by atoms with Gasteiger partial charge in [-0.1, -0.05) is 28.9 Å². The molecule has 21 heavy (non-hydrogen) atoms. The first-order chi connectivity index (χ1) is 10.0. The van der Waals surface area contributed by atoms with Gasteiger partial charge >= 0.3 is 0 Å². The Morgan fingerprint density at radius 2 is 2.29 bits per heavy atom. The van der Waals surface area contributed by atoms with Crippen molar-refractivity contribution >= 4 is 21.4 Å². The van der Waals surface area contributed by atoms with Gasteiger partial charge in [0.1, 0.15) is 0 Å². The van der Waals surface area contributed by atoms with Crippen LogP contribution in [-0.4, -0.2) is 36.1 Å². The Morgan fingerprint density at radius 3 is 3.00 bits per heavy atom. The monoisotopic (exact) mass is 327 g/mol. The number of nitrogens with one attached hydrogen (secondary N) is 1. The molecule has 1 aliphatic heterocycles. The SMILES string of the molecule is O=S1(=O)CCC(NCc2nc(-c3cccc(Cl)c3)no2)C1. The van der Waals surface area contributed by atoms with Gasteiger partial charge in [0.05, 0.1) is 18.1 Å². The topological polar surface area (TPSA) is 85.1 Å². The van der Waals surface area contributed by atoms with Crippen LogP contribution in [0.15, 0.2) is 28.8 Å². The third-order valence-corrected chi connectivity index (χ3v) is 5.33. The second kappa shape index (κ2) is 5.75. The number of rotatable bonds is 4. The summed E-state index contributed by atoms with van der Waals surface area (Å²) in [5.41, 5.74) is 0.779. The molecule has 0 bridgehead atoms. The average Bonchev–Trinajstić information content (AvgIpc) is 3.03. The minimum absolute atomic E-state index is 0.0449. The maximum atomic E-state index is 11.4. The van der Waals surface area contributed by atoms with Crippen LogP contribution in [0, 0.1) is 0 Å². The van der Waals surface area contributed by atoms with E-state index >= 15 is 0 Å². The van der Waals surface area contributed by atoms with Crippen molar-refractivity contribution in [1.29, 1.82) is 0 Å². The summed E-state index contributed by atoms with van der Waals surface area (Å²) in [6, 6.07) is 7.14. The highest BCUT2D eigenvalue weighted by Crippen LogP contribution is 2.20. The number of hydrogen-bond donors (Lipinski definition) is 1. The molecule has 3 rings (SSSR count). The molecule has 0 saturated carbocycles. The molecule has 6 nitrogen and oxygen atoms in total. The minimum atomic E-state index is -2.89. The van der Waals surface area contributed by atoms with E-state index in [1.807, 2.05) is 12.1 Å². The van der Waals surface area contributed by atoms with Crippen LogP contribution in [-0.2, 0) is 16.4 Å². The molecule has 1 unspecified atom stereocenters. The first-order valence-corrected chi connectivity index (χ1v) is 8.74. The van der Waals surface area contributed by atoms with Crippen LogP contribution in [0.25, 0.3) is 11.4 Å². The Bertz CT molecular complexity index is 745. The summed E-state index contributed by atoms with van der Waals surface area (Å²) in [6.45, 7) is 0.355. The van der Waals surface area contributed by atoms with Crippen molar-refractivity contribution in [2.75, 3.05) is 11.5 Å². The zero-order chi connectivity index (χ0) is 14.9. The molecule has 1 fully saturated rings. The minimum Gasteiger partial charge on any atom is -0.338 e. The molecule has 1 N–H and O–H groups in total. The molecule has 112 valence electrons. The third-order valence-electron chi connectivity index (χ3n) is 3.33. The maximum absolute atomic E-state index is 11.4. The van der Waals surface area contributed by atoms with E-state index in [0.29, 0.717) is 29.7 Å². The Morgan fingerprint density at radius 1 is 1.43 bits per heavy atom. The second-order valence-corrected chi connectivity index (χ2v) is 7.67. The highest BCUT2D eigenvalue weighted by molar-refractivity contribution is 7.91. The number of sulfone groups is 1. The fraction of sp³-hybridized carbons (Fsp3) is 0.385. The predicted molar refractivity (Wildman–Crippen MR) is 78.6 cm³/mol. The van der Waals surface area contributed by atoms with Gasteiger partial charge < -0.3 is 9.84 Å². The highest BCUT2D eigenvalue weighted by atomic mass is 35.5. The van der Waals surface area contributed by atoms with E-state index in [1.54, 1.807) is 12.1 Å². The van der Waals surface area contributed by atoms with Gasteiger partial charge in [-0.3, -0.25) is 0 Å². The zero-order valence-electron chi connectivity index (χ0n) is 11.1. The lowest BCUT2D eigenvalue weighted by atomic mass is 10.2. The van der Waals surface area contributed by atoms with E-state index < -0.39 is 9.84 Å². The van der Waals surface area contributed by atoms with Crippen molar-refractivity contribution in [3.63, 3.8) is 0 Å². The van der Waals surface area contributed by atoms with E-state index in [1.165, 1.54) is 0 Å². The Balaban J connectivity index is 1.63. The van der Waals surface area contributed by atoms with Gasteiger partial charge in [0.25, 0.3) is 0 Å². The van der Waals surface area contributed by atoms with Crippen molar-refractivity contribution < 1.29 is 12.9 Å². The van der Waals surface area contributed by atoms with Gasteiger partial charge in [0.2, 0.25) is 11.7 Å². The lowest BCUT2D eigenvalue weighted by Gasteiger charge is -2.07. The summed E-state index contributed by atoms with van der Waals surface area (Å²) < 4.78 is 27.9. The van der Waals surface area contributed by atoms with E-state index in [-0.39, 0.29) is 17.5 Å². The number of halogens is 1. The van der Waals surface area contributed by atoms with E-state index in [4.69, 9.17) is 16.1 Å². The van der Waals surface area contributed by atoms with Crippen LogP contribution in [0.5, 0.6) is 0 Å². The summed E-state index contributed by atoms with van der Waals surface area (Å²) in [7, 11) is -2.89. The molecule has 1 aromatic heterocycles. The number of hydrogen-bond acceptors (Lipinski definition) is 6. The molecule has 0 aliphatic carbocycles. The third kappa shape index (κ3) is 3.61. The molecule has 0 amide bonds. The molecule has 0 radical (unpaired) electrons. The van der Waals surface area contributed by atoms with Gasteiger partial charge in [-0.05, 0) is 18.6 Å². The van der Waals surface area contributed by atoms with Crippen LogP contribution < -0.4 is 5.32 Å². The van der Waals surface area contributed by atoms with Crippen LogP contribution in [0.3, 0.4) is 0 Å². The largest absolute Gasteiger partial charge is 0.338 e. The summed E-state index contributed by atoms with van der Waals surface area (Å²) in [6.07, 6.45) is 0.623. The molecule has 1 aliphatic rings. The lowest BCUT2D eigenvalue weighted by Crippen LogP contribution is -2.29. The number of nitrogens with zero attached hydrogens (tertiary/aromatic N) is 2. The maximum Gasteiger partial charge on any atom is 0.240 e. The van der Waals surface area contributed by atoms with Crippen molar-refractivity contribution in [3.05, 3.63) is 35.2 Å². The number of aromatic nitrogens is 2. The van der Waals surface area contributed by atoms with Crippen molar-refractivity contribution in [1.82, 2.24) is 15.5 Å². The van der Waals surface area contributed by atoms with Crippen LogP contribution in [0.4, 0.5) is 0 Å². The molecule has 0 spiro atoms. The molecule has 2 heterocycles. The van der Waals surface area contributed by atoms with Crippen molar-refractivity contribution in [3.8, 4) is 11.4 Å². The standard InChI is InChI=1S/C13H14ClN3O3S/c14-10-3-1-2-9(6-10)13-16-12(20-17-13)7-15-11-4-5-21(18,19)8-11/h1-3,6,11,15H,4-5,7-8H2. The fourth-order valence-corrected chi connectivity index (χ4v) is 4.16. The lowest BCUT2D eigenvalue weighted by molar-refractivity contribution is 0.360. The molecular formula is C13H14ClN3O3S. The van der Waals surface area contributed by atoms with Gasteiger partial charge in [-0.15, -0.1) is 0 Å². The summed E-state index contributed by atoms with van der Waals surface area (Å²) in [5, 5.41) is 7.63. The average molecular weight is 328 g/mol. The zero-order valence-corrected chi connectivity index (χ0v) is 12.7. The second-order valence-electron chi connectivity index (χ2n) is 5.00. The summed E-state index contributed by atoms with van der Waals surface area (Å²) in [5.74, 6) is 1.30. The van der Waals surface area contributed by atoms with E-state index in [0.717, 1.165) is 5.56 Å². The van der Waals surface area contributed by atoms with Crippen molar-refractivity contribution in [2.24, 2.45) is 0 Å². The molecule has 2 aromatic rings. The summed E-state index contributed by atoms with van der Waals surface area (Å²) >= 11 is 5.92. The van der Waals surface area contributed by atoms with Crippen molar-refractivity contribution in [2.45, 2.75) is 19.0 Å². The molecular weight excluding hydrogens is 314 g/mol. The first-order valence-electron chi connectivity index (χ1n) is 6.54. The highest BCUT2D eigenvalue weighted by Gasteiger charge is 2.27. The van der Waals surface area contributed by atoms with Gasteiger partial charge in [-0.2, -0.15) is 4.98 Å². The van der Waals surface area contributed by atoms with E-state index in [9.17, 15) is 8.42 Å². The van der Waals surface area contributed by atoms with E-state index in [2.05, 4.69) is 15.5 Å². The smallest absolute Gasteiger partial charge is 0.240 e. The molecule has 8 heteroatoms. The Labute approximate surface area is 127 Å². The van der Waals surface area contributed by atoms with Crippen LogP contribution in [0.1, 0.15) is 12.3 Å². The normalized spacial score (nSPS) is 20.7. The Hall–Kier alpha value is -1.44. The quantitative estimate of drug-likeness (QED) is 0.919. The van der Waals surface area contributed by atoms with Gasteiger partial charge in [0, 0.05) is 16.6 Å². The molecule has 1 atom stereocenters. The molecule has 1 saturated heterocycles. The van der Waals surface area contributed by atoms with Crippen LogP contribution in [0.2, 0.25) is 5.02 Å². The summed E-state index contributed by atoms with van der Waals surface area (Å²) in [4.78, 5) is 4.27. The first kappa shape index (κ1) is 14.5. The van der Waals surface area contributed by atoms with Crippen LogP contribution >= 0.6 is 11.6 Å². The fourth-order valence-electron chi connectivity index (χ4n) is 2.26. The molecule has 1 aromatic carbocycles. The predicted octanol–water partition coefficient (Wildman–Crippen LogP) is 1.67.